The van der Waals surface area contributed by atoms with E-state index in [9.17, 15) is 4.79 Å². The van der Waals surface area contributed by atoms with E-state index in [0.29, 0.717) is 19.6 Å². The van der Waals surface area contributed by atoms with Crippen molar-refractivity contribution < 1.29 is 9.53 Å². The normalized spacial score (nSPS) is 10.7. The summed E-state index contributed by atoms with van der Waals surface area (Å²) >= 11 is 0. The van der Waals surface area contributed by atoms with Crippen LogP contribution in [0.25, 0.3) is 0 Å². The Morgan fingerprint density at radius 3 is 2.55 bits per heavy atom. The lowest BCUT2D eigenvalue weighted by Gasteiger charge is -2.23. The number of benzene rings is 1. The first-order chi connectivity index (χ1) is 9.51. The maximum absolute atomic E-state index is 11.8. The molecule has 0 spiro atoms. The van der Waals surface area contributed by atoms with Gasteiger partial charge in [0.15, 0.2) is 0 Å². The third kappa shape index (κ3) is 4.51. The van der Waals surface area contributed by atoms with E-state index < -0.39 is 0 Å². The zero-order valence-corrected chi connectivity index (χ0v) is 12.8. The molecular weight excluding hydrogens is 254 g/mol. The van der Waals surface area contributed by atoms with Crippen molar-refractivity contribution in [2.75, 3.05) is 34.3 Å². The van der Waals surface area contributed by atoms with Crippen molar-refractivity contribution in [3.63, 3.8) is 0 Å². The minimum absolute atomic E-state index is 0.0980. The number of amides is 1. The van der Waals surface area contributed by atoms with Gasteiger partial charge < -0.3 is 15.4 Å². The summed E-state index contributed by atoms with van der Waals surface area (Å²) in [6.45, 7) is 4.42. The summed E-state index contributed by atoms with van der Waals surface area (Å²) in [7, 11) is 5.19. The highest BCUT2D eigenvalue weighted by Gasteiger charge is 2.13. The lowest BCUT2D eigenvalue weighted by molar-refractivity contribution is -0.130. The molecule has 0 aromatic heterocycles. The fourth-order valence-electron chi connectivity index (χ4n) is 1.94. The van der Waals surface area contributed by atoms with Gasteiger partial charge >= 0.3 is 0 Å². The Balaban J connectivity index is 2.85. The van der Waals surface area contributed by atoms with Gasteiger partial charge in [0.1, 0.15) is 5.75 Å². The van der Waals surface area contributed by atoms with E-state index in [1.165, 1.54) is 0 Å². The molecule has 5 heteroatoms. The molecule has 1 aromatic carbocycles. The van der Waals surface area contributed by atoms with E-state index in [0.717, 1.165) is 23.4 Å². The Labute approximate surface area is 121 Å². The third-order valence-electron chi connectivity index (χ3n) is 3.28. The van der Waals surface area contributed by atoms with Crippen molar-refractivity contribution in [3.05, 3.63) is 29.3 Å². The smallest absolute Gasteiger partial charge is 0.236 e. The van der Waals surface area contributed by atoms with Crippen molar-refractivity contribution >= 4 is 5.91 Å². The van der Waals surface area contributed by atoms with Crippen molar-refractivity contribution in [2.24, 2.45) is 5.73 Å². The molecule has 0 saturated carbocycles. The number of carbonyl (C=O) groups is 1. The molecule has 5 nitrogen and oxygen atoms in total. The topological polar surface area (TPSA) is 58.8 Å². The summed E-state index contributed by atoms with van der Waals surface area (Å²) in [5.41, 5.74) is 7.80. The second-order valence-electron chi connectivity index (χ2n) is 4.94. The Morgan fingerprint density at radius 2 is 2.05 bits per heavy atom. The number of methoxy groups -OCH3 is 1. The Morgan fingerprint density at radius 1 is 1.35 bits per heavy atom. The van der Waals surface area contributed by atoms with Crippen LogP contribution >= 0.6 is 0 Å². The predicted molar refractivity (Wildman–Crippen MR) is 80.5 cm³/mol. The largest absolute Gasteiger partial charge is 0.496 e. The quantitative estimate of drug-likeness (QED) is 0.811. The van der Waals surface area contributed by atoms with E-state index in [1.54, 1.807) is 26.1 Å². The summed E-state index contributed by atoms with van der Waals surface area (Å²) < 4.78 is 5.38. The lowest BCUT2D eigenvalue weighted by Crippen LogP contribution is -2.36. The van der Waals surface area contributed by atoms with Crippen LogP contribution in [0.2, 0.25) is 0 Å². The highest BCUT2D eigenvalue weighted by Crippen LogP contribution is 2.21. The average Bonchev–Trinajstić information content (AvgIpc) is 2.45. The first-order valence-electron chi connectivity index (χ1n) is 6.80. The van der Waals surface area contributed by atoms with Crippen LogP contribution in [0.15, 0.2) is 18.2 Å². The van der Waals surface area contributed by atoms with E-state index in [-0.39, 0.29) is 5.91 Å². The number of rotatable bonds is 7. The number of likely N-dealkylation sites (N-methyl/N-ethyl adjacent to an activating group) is 2. The zero-order valence-electron chi connectivity index (χ0n) is 12.8. The molecule has 0 unspecified atom stereocenters. The van der Waals surface area contributed by atoms with Crippen LogP contribution in [0.5, 0.6) is 5.75 Å². The molecule has 2 N–H and O–H groups in total. The third-order valence-corrected chi connectivity index (χ3v) is 3.28. The molecule has 1 amide bonds. The molecule has 1 aromatic rings. The number of ether oxygens (including phenoxy) is 1. The maximum atomic E-state index is 11.8. The molecular formula is C15H25N3O2. The molecule has 0 heterocycles. The van der Waals surface area contributed by atoms with Crippen LogP contribution in [0.3, 0.4) is 0 Å². The molecule has 0 bridgehead atoms. The fourth-order valence-corrected chi connectivity index (χ4v) is 1.94. The SMILES string of the molecule is CCN(CC(=O)N(C)C)Cc1cc(CN)ccc1OC. The number of hydrogen-bond donors (Lipinski definition) is 1. The van der Waals surface area contributed by atoms with Crippen LogP contribution in [0.1, 0.15) is 18.1 Å². The van der Waals surface area contributed by atoms with Crippen LogP contribution in [-0.2, 0) is 17.9 Å². The average molecular weight is 279 g/mol. The van der Waals surface area contributed by atoms with Crippen LogP contribution in [-0.4, -0.2) is 50.0 Å². The number of carbonyl (C=O) groups excluding carboxylic acids is 1. The minimum atomic E-state index is 0.0980. The lowest BCUT2D eigenvalue weighted by atomic mass is 10.1. The molecule has 0 atom stereocenters. The Hall–Kier alpha value is -1.59. The second kappa shape index (κ2) is 7.87. The van der Waals surface area contributed by atoms with Gasteiger partial charge in [0.05, 0.1) is 13.7 Å². The molecule has 0 aliphatic rings. The molecule has 112 valence electrons. The predicted octanol–water partition coefficient (Wildman–Crippen LogP) is 1.06. The van der Waals surface area contributed by atoms with Gasteiger partial charge in [0.25, 0.3) is 0 Å². The number of nitrogens with two attached hydrogens (primary N) is 1. The molecule has 0 aliphatic carbocycles. The van der Waals surface area contributed by atoms with Crippen molar-refractivity contribution in [1.29, 1.82) is 0 Å². The first-order valence-corrected chi connectivity index (χ1v) is 6.80. The van der Waals surface area contributed by atoms with Gasteiger partial charge in [-0.15, -0.1) is 0 Å². The molecule has 0 aliphatic heterocycles. The van der Waals surface area contributed by atoms with Gasteiger partial charge in [-0.25, -0.2) is 0 Å². The fraction of sp³-hybridized carbons (Fsp3) is 0.533. The van der Waals surface area contributed by atoms with E-state index >= 15 is 0 Å². The maximum Gasteiger partial charge on any atom is 0.236 e. The molecule has 20 heavy (non-hydrogen) atoms. The van der Waals surface area contributed by atoms with Crippen LogP contribution < -0.4 is 10.5 Å². The van der Waals surface area contributed by atoms with E-state index in [2.05, 4.69) is 4.90 Å². The van der Waals surface area contributed by atoms with Gasteiger partial charge in [0.2, 0.25) is 5.91 Å². The van der Waals surface area contributed by atoms with Crippen molar-refractivity contribution in [3.8, 4) is 5.75 Å². The summed E-state index contributed by atoms with van der Waals surface area (Å²) in [5.74, 6) is 0.929. The van der Waals surface area contributed by atoms with Crippen molar-refractivity contribution in [1.82, 2.24) is 9.80 Å². The summed E-state index contributed by atoms with van der Waals surface area (Å²) in [4.78, 5) is 15.5. The van der Waals surface area contributed by atoms with Gasteiger partial charge in [-0.3, -0.25) is 9.69 Å². The summed E-state index contributed by atoms with van der Waals surface area (Å²) in [6.07, 6.45) is 0. The van der Waals surface area contributed by atoms with Gasteiger partial charge in [0, 0.05) is 32.7 Å². The minimum Gasteiger partial charge on any atom is -0.496 e. The standard InChI is InChI=1S/C15H25N3O2/c1-5-18(11-15(19)17(2)3)10-13-8-12(9-16)6-7-14(13)20-4/h6-8H,5,9-11,16H2,1-4H3. The van der Waals surface area contributed by atoms with Crippen LogP contribution in [0.4, 0.5) is 0 Å². The molecule has 0 radical (unpaired) electrons. The molecule has 1 rings (SSSR count). The van der Waals surface area contributed by atoms with Gasteiger partial charge in [-0.2, -0.15) is 0 Å². The monoisotopic (exact) mass is 279 g/mol. The molecule has 0 saturated heterocycles. The Bertz CT molecular complexity index is 447. The van der Waals surface area contributed by atoms with Crippen LogP contribution in [0, 0.1) is 0 Å². The number of nitrogens with zero attached hydrogens (tertiary/aromatic N) is 2. The highest BCUT2D eigenvalue weighted by atomic mass is 16.5. The first kappa shape index (κ1) is 16.5. The second-order valence-corrected chi connectivity index (χ2v) is 4.94. The van der Waals surface area contributed by atoms with E-state index in [1.807, 2.05) is 25.1 Å². The number of hydrogen-bond acceptors (Lipinski definition) is 4. The van der Waals surface area contributed by atoms with Gasteiger partial charge in [-0.1, -0.05) is 13.0 Å². The van der Waals surface area contributed by atoms with Crippen molar-refractivity contribution in [2.45, 2.75) is 20.0 Å². The zero-order chi connectivity index (χ0) is 15.1. The van der Waals surface area contributed by atoms with E-state index in [4.69, 9.17) is 10.5 Å². The summed E-state index contributed by atoms with van der Waals surface area (Å²) in [6, 6.07) is 5.93. The molecule has 0 fully saturated rings. The Kier molecular flexibility index (Phi) is 6.48. The summed E-state index contributed by atoms with van der Waals surface area (Å²) in [5, 5.41) is 0. The van der Waals surface area contributed by atoms with Gasteiger partial charge in [-0.05, 0) is 24.2 Å². The highest BCUT2D eigenvalue weighted by molar-refractivity contribution is 5.77.